The molecule has 1 aromatic rings. The maximum absolute atomic E-state index is 11.7. The van der Waals surface area contributed by atoms with E-state index in [2.05, 4.69) is 14.5 Å². The van der Waals surface area contributed by atoms with Crippen LogP contribution in [0.15, 0.2) is 6.07 Å². The third-order valence-electron chi connectivity index (χ3n) is 2.36. The van der Waals surface area contributed by atoms with Crippen LogP contribution in [0.25, 0.3) is 0 Å². The molecule has 0 aliphatic rings. The molecule has 0 bridgehead atoms. The molecular weight excluding hydrogens is 258 g/mol. The van der Waals surface area contributed by atoms with Gasteiger partial charge in [0.05, 0.1) is 31.0 Å². The Bertz CT molecular complexity index is 485. The number of rotatable bonds is 3. The fourth-order valence-corrected chi connectivity index (χ4v) is 1.69. The monoisotopic (exact) mass is 271 g/mol. The molecule has 0 N–H and O–H groups in total. The fourth-order valence-electron chi connectivity index (χ4n) is 1.47. The largest absolute Gasteiger partial charge is 0.465 e. The van der Waals surface area contributed by atoms with Crippen molar-refractivity contribution in [1.82, 2.24) is 4.98 Å². The first kappa shape index (κ1) is 14.4. The second kappa shape index (κ2) is 5.82. The standard InChI is InChI=1S/C12H14ClNO4/c1-6(2)9-7(11(15)17-3)5-8(10(13)14-9)12(16)18-4/h5-6H,1-4H3. The zero-order chi connectivity index (χ0) is 13.9. The number of esters is 2. The molecule has 0 spiro atoms. The molecule has 18 heavy (non-hydrogen) atoms. The first-order valence-corrected chi connectivity index (χ1v) is 5.67. The lowest BCUT2D eigenvalue weighted by Crippen LogP contribution is -2.13. The number of hydrogen-bond acceptors (Lipinski definition) is 5. The number of carbonyl (C=O) groups is 2. The van der Waals surface area contributed by atoms with Gasteiger partial charge in [-0.15, -0.1) is 0 Å². The van der Waals surface area contributed by atoms with Crippen molar-refractivity contribution in [2.45, 2.75) is 19.8 Å². The van der Waals surface area contributed by atoms with Crippen LogP contribution in [0.5, 0.6) is 0 Å². The topological polar surface area (TPSA) is 65.5 Å². The second-order valence-electron chi connectivity index (χ2n) is 3.90. The van der Waals surface area contributed by atoms with Gasteiger partial charge in [-0.3, -0.25) is 0 Å². The molecule has 0 amide bonds. The number of ether oxygens (including phenoxy) is 2. The third-order valence-corrected chi connectivity index (χ3v) is 2.65. The Hall–Kier alpha value is -1.62. The molecule has 0 aromatic carbocycles. The molecule has 1 heterocycles. The van der Waals surface area contributed by atoms with Gasteiger partial charge in [-0.05, 0) is 12.0 Å². The highest BCUT2D eigenvalue weighted by Crippen LogP contribution is 2.24. The van der Waals surface area contributed by atoms with Gasteiger partial charge < -0.3 is 9.47 Å². The molecule has 0 aliphatic heterocycles. The van der Waals surface area contributed by atoms with Gasteiger partial charge in [-0.25, -0.2) is 14.6 Å². The van der Waals surface area contributed by atoms with Crippen molar-refractivity contribution < 1.29 is 19.1 Å². The molecule has 98 valence electrons. The van der Waals surface area contributed by atoms with Gasteiger partial charge >= 0.3 is 11.9 Å². The van der Waals surface area contributed by atoms with Crippen LogP contribution in [-0.2, 0) is 9.47 Å². The lowest BCUT2D eigenvalue weighted by atomic mass is 10.0. The van der Waals surface area contributed by atoms with Crippen LogP contribution >= 0.6 is 11.6 Å². The number of aromatic nitrogens is 1. The molecule has 0 radical (unpaired) electrons. The Balaban J connectivity index is 3.45. The lowest BCUT2D eigenvalue weighted by molar-refractivity contribution is 0.0597. The van der Waals surface area contributed by atoms with E-state index in [9.17, 15) is 9.59 Å². The fraction of sp³-hybridized carbons (Fsp3) is 0.417. The number of carbonyl (C=O) groups excluding carboxylic acids is 2. The van der Waals surface area contributed by atoms with Crippen molar-refractivity contribution in [3.05, 3.63) is 28.0 Å². The van der Waals surface area contributed by atoms with Gasteiger partial charge in [0.15, 0.2) is 0 Å². The SMILES string of the molecule is COC(=O)c1cc(C(=O)OC)c(C(C)C)nc1Cl. The summed E-state index contributed by atoms with van der Waals surface area (Å²) in [7, 11) is 2.49. The van der Waals surface area contributed by atoms with Crippen LogP contribution in [0.4, 0.5) is 0 Å². The van der Waals surface area contributed by atoms with E-state index >= 15 is 0 Å². The summed E-state index contributed by atoms with van der Waals surface area (Å²) < 4.78 is 9.23. The van der Waals surface area contributed by atoms with Crippen LogP contribution in [0, 0.1) is 0 Å². The number of methoxy groups -OCH3 is 2. The van der Waals surface area contributed by atoms with Gasteiger partial charge in [0.25, 0.3) is 0 Å². The van der Waals surface area contributed by atoms with Crippen molar-refractivity contribution in [3.63, 3.8) is 0 Å². The van der Waals surface area contributed by atoms with Crippen LogP contribution in [0.3, 0.4) is 0 Å². The summed E-state index contributed by atoms with van der Waals surface area (Å²) >= 11 is 5.90. The summed E-state index contributed by atoms with van der Waals surface area (Å²) in [6.45, 7) is 3.73. The Morgan fingerprint density at radius 3 is 2.11 bits per heavy atom. The molecule has 5 nitrogen and oxygen atoms in total. The van der Waals surface area contributed by atoms with E-state index in [1.165, 1.54) is 20.3 Å². The second-order valence-corrected chi connectivity index (χ2v) is 4.26. The third kappa shape index (κ3) is 2.79. The van der Waals surface area contributed by atoms with Crippen molar-refractivity contribution in [1.29, 1.82) is 0 Å². The highest BCUT2D eigenvalue weighted by molar-refractivity contribution is 6.32. The van der Waals surface area contributed by atoms with E-state index in [1.807, 2.05) is 13.8 Å². The molecule has 1 aromatic heterocycles. The van der Waals surface area contributed by atoms with Crippen molar-refractivity contribution in [3.8, 4) is 0 Å². The summed E-state index contributed by atoms with van der Waals surface area (Å²) in [5.74, 6) is -1.23. The van der Waals surface area contributed by atoms with Crippen molar-refractivity contribution >= 4 is 23.5 Å². The van der Waals surface area contributed by atoms with Gasteiger partial charge in [-0.2, -0.15) is 0 Å². The van der Waals surface area contributed by atoms with Crippen molar-refractivity contribution in [2.24, 2.45) is 0 Å². The molecule has 1 rings (SSSR count). The maximum atomic E-state index is 11.7. The zero-order valence-electron chi connectivity index (χ0n) is 10.6. The Morgan fingerprint density at radius 1 is 1.17 bits per heavy atom. The summed E-state index contributed by atoms with van der Waals surface area (Å²) in [5, 5.41) is 0.0122. The summed E-state index contributed by atoms with van der Waals surface area (Å²) in [5.41, 5.74) is 0.751. The molecular formula is C12H14ClNO4. The summed E-state index contributed by atoms with van der Waals surface area (Å²) in [4.78, 5) is 27.2. The molecule has 0 fully saturated rings. The first-order valence-electron chi connectivity index (χ1n) is 5.29. The van der Waals surface area contributed by atoms with Crippen molar-refractivity contribution in [2.75, 3.05) is 14.2 Å². The molecule has 0 atom stereocenters. The van der Waals surface area contributed by atoms with Gasteiger partial charge in [0, 0.05) is 0 Å². The normalized spacial score (nSPS) is 10.3. The molecule has 6 heteroatoms. The summed E-state index contributed by atoms with van der Waals surface area (Å²) in [6, 6.07) is 1.35. The van der Waals surface area contributed by atoms with E-state index in [1.54, 1.807) is 0 Å². The molecule has 0 unspecified atom stereocenters. The van der Waals surface area contributed by atoms with E-state index in [0.717, 1.165) is 0 Å². The minimum Gasteiger partial charge on any atom is -0.465 e. The smallest absolute Gasteiger partial charge is 0.341 e. The van der Waals surface area contributed by atoms with E-state index in [-0.39, 0.29) is 22.2 Å². The minimum absolute atomic E-state index is 0.0122. The Morgan fingerprint density at radius 2 is 1.67 bits per heavy atom. The highest BCUT2D eigenvalue weighted by atomic mass is 35.5. The van der Waals surface area contributed by atoms with Gasteiger partial charge in [0.1, 0.15) is 5.15 Å². The van der Waals surface area contributed by atoms with Crippen LogP contribution in [0.2, 0.25) is 5.15 Å². The van der Waals surface area contributed by atoms with E-state index in [4.69, 9.17) is 11.6 Å². The van der Waals surface area contributed by atoms with E-state index < -0.39 is 11.9 Å². The van der Waals surface area contributed by atoms with Crippen LogP contribution in [0.1, 0.15) is 46.2 Å². The number of halogens is 1. The van der Waals surface area contributed by atoms with Gasteiger partial charge in [-0.1, -0.05) is 25.4 Å². The molecule has 0 saturated heterocycles. The maximum Gasteiger partial charge on any atom is 0.341 e. The Labute approximate surface area is 110 Å². The predicted octanol–water partition coefficient (Wildman–Crippen LogP) is 2.43. The number of nitrogens with zero attached hydrogens (tertiary/aromatic N) is 1. The molecule has 0 aliphatic carbocycles. The average molecular weight is 272 g/mol. The lowest BCUT2D eigenvalue weighted by Gasteiger charge is -2.12. The van der Waals surface area contributed by atoms with Crippen LogP contribution < -0.4 is 0 Å². The van der Waals surface area contributed by atoms with E-state index in [0.29, 0.717) is 5.69 Å². The quantitative estimate of drug-likeness (QED) is 0.624. The first-order chi connectivity index (χ1) is 8.42. The number of pyridine rings is 1. The summed E-state index contributed by atoms with van der Waals surface area (Å²) in [6.07, 6.45) is 0. The minimum atomic E-state index is -0.645. The highest BCUT2D eigenvalue weighted by Gasteiger charge is 2.22. The average Bonchev–Trinajstić information content (AvgIpc) is 2.36. The predicted molar refractivity (Wildman–Crippen MR) is 66.0 cm³/mol. The molecule has 0 saturated carbocycles. The Kier molecular flexibility index (Phi) is 4.67. The van der Waals surface area contributed by atoms with Crippen LogP contribution in [-0.4, -0.2) is 31.1 Å². The zero-order valence-corrected chi connectivity index (χ0v) is 11.4. The van der Waals surface area contributed by atoms with Gasteiger partial charge in [0.2, 0.25) is 0 Å². The number of hydrogen-bond donors (Lipinski definition) is 0.